The highest BCUT2D eigenvalue weighted by Crippen LogP contribution is 2.44. The molecule has 2 N–H and O–H groups in total. The molecule has 5 heterocycles. The Bertz CT molecular complexity index is 1980. The number of anilines is 1. The number of primary amides is 1. The first-order valence-corrected chi connectivity index (χ1v) is 16.6. The average Bonchev–Trinajstić information content (AvgIpc) is 3.47. The Morgan fingerprint density at radius 2 is 1.94 bits per heavy atom. The van der Waals surface area contributed by atoms with Crippen LogP contribution >= 0.6 is 0 Å². The van der Waals surface area contributed by atoms with Crippen molar-refractivity contribution < 1.29 is 36.6 Å². The number of aromatic nitrogens is 4. The predicted molar refractivity (Wildman–Crippen MR) is 175 cm³/mol. The third kappa shape index (κ3) is 6.17. The van der Waals surface area contributed by atoms with Crippen LogP contribution in [0.25, 0.3) is 22.2 Å². The van der Waals surface area contributed by atoms with Crippen LogP contribution in [0.1, 0.15) is 60.9 Å². The third-order valence-corrected chi connectivity index (χ3v) is 9.81. The lowest BCUT2D eigenvalue weighted by Gasteiger charge is -2.47. The number of halogens is 4. The molecule has 264 valence electrons. The van der Waals surface area contributed by atoms with E-state index >= 15 is 0 Å². The lowest BCUT2D eigenvalue weighted by atomic mass is 9.85. The quantitative estimate of drug-likeness (QED) is 0.241. The number of hydrogen-bond acceptors (Lipinski definition) is 8. The summed E-state index contributed by atoms with van der Waals surface area (Å²) in [7, 11) is 1.60. The minimum absolute atomic E-state index is 0.111. The zero-order valence-electron chi connectivity index (χ0n) is 27.8. The van der Waals surface area contributed by atoms with E-state index in [1.165, 1.54) is 4.90 Å². The van der Waals surface area contributed by atoms with Crippen LogP contribution in [0.15, 0.2) is 36.7 Å². The molecule has 1 saturated carbocycles. The number of nitrogens with zero attached hydrogens (tertiary/aromatic N) is 6. The molecule has 2 aliphatic heterocycles. The fourth-order valence-corrected chi connectivity index (χ4v) is 7.35. The van der Waals surface area contributed by atoms with Gasteiger partial charge in [0, 0.05) is 56.1 Å². The maximum Gasteiger partial charge on any atom is 0.265 e. The Balaban J connectivity index is 1.30. The summed E-state index contributed by atoms with van der Waals surface area (Å²) in [6, 6.07) is 5.29. The molecule has 2 atom stereocenters. The molecule has 2 amide bonds. The number of carbonyl (C=O) groups is 2. The minimum atomic E-state index is -2.62. The highest BCUT2D eigenvalue weighted by atomic mass is 19.3. The first kappa shape index (κ1) is 33.8. The summed E-state index contributed by atoms with van der Waals surface area (Å²) in [4.78, 5) is 38.3. The Hall–Kier alpha value is -4.63. The second-order valence-corrected chi connectivity index (χ2v) is 13.7. The van der Waals surface area contributed by atoms with Gasteiger partial charge in [0.15, 0.2) is 12.3 Å². The number of rotatable bonds is 9. The topological polar surface area (TPSA) is 129 Å². The number of likely N-dealkylation sites (tertiary alicyclic amines) is 1. The standard InChI is InChI=1S/C35H37F4N7O4/c1-18(2)8-24-32(33(40)48)31(19-4-5-26-28(9-19)50-17-30(47)45(26)15-25-23(37)10-20(36)13-41-25)22-14-42-46(34(22)43-24)27-6-7-44(16-29(27)49-3)21-11-35(38,39)12-21/h4-5,9-10,13-14,18,21,27,29H,6-8,11-12,15-17H2,1-3H3,(H2,40,48)/t27-,29+/m0/s1. The van der Waals surface area contributed by atoms with Gasteiger partial charge in [-0.1, -0.05) is 19.9 Å². The van der Waals surface area contributed by atoms with E-state index in [0.29, 0.717) is 71.3 Å². The van der Waals surface area contributed by atoms with Crippen molar-refractivity contribution in [2.24, 2.45) is 11.7 Å². The molecule has 1 aromatic carbocycles. The maximum atomic E-state index is 14.5. The second kappa shape index (κ2) is 12.9. The minimum Gasteiger partial charge on any atom is -0.482 e. The van der Waals surface area contributed by atoms with Crippen molar-refractivity contribution in [1.29, 1.82) is 0 Å². The highest BCUT2D eigenvalue weighted by Gasteiger charge is 2.49. The van der Waals surface area contributed by atoms with Gasteiger partial charge >= 0.3 is 0 Å². The molecule has 50 heavy (non-hydrogen) atoms. The van der Waals surface area contributed by atoms with Gasteiger partial charge in [-0.2, -0.15) is 5.10 Å². The molecule has 11 nitrogen and oxygen atoms in total. The van der Waals surface area contributed by atoms with Crippen molar-refractivity contribution in [3.8, 4) is 16.9 Å². The van der Waals surface area contributed by atoms with Gasteiger partial charge in [0.1, 0.15) is 17.4 Å². The van der Waals surface area contributed by atoms with Crippen molar-refractivity contribution >= 4 is 28.5 Å². The van der Waals surface area contributed by atoms with Gasteiger partial charge < -0.3 is 15.2 Å². The van der Waals surface area contributed by atoms with Crippen molar-refractivity contribution in [2.45, 2.75) is 70.2 Å². The van der Waals surface area contributed by atoms with Crippen LogP contribution < -0.4 is 15.4 Å². The molecule has 7 rings (SSSR count). The van der Waals surface area contributed by atoms with Crippen molar-refractivity contribution in [2.75, 3.05) is 31.7 Å². The lowest BCUT2D eigenvalue weighted by Crippen LogP contribution is -2.56. The second-order valence-electron chi connectivity index (χ2n) is 13.7. The van der Waals surface area contributed by atoms with Gasteiger partial charge in [-0.05, 0) is 36.5 Å². The highest BCUT2D eigenvalue weighted by molar-refractivity contribution is 6.09. The van der Waals surface area contributed by atoms with Crippen LogP contribution in [-0.4, -0.2) is 81.3 Å². The molecule has 4 aromatic rings. The molecular formula is C35H37F4N7O4. The Labute approximate surface area is 285 Å². The van der Waals surface area contributed by atoms with Gasteiger partial charge in [0.2, 0.25) is 0 Å². The average molecular weight is 696 g/mol. The van der Waals surface area contributed by atoms with E-state index in [-0.39, 0.29) is 61.4 Å². The molecule has 1 saturated heterocycles. The smallest absolute Gasteiger partial charge is 0.265 e. The molecule has 0 unspecified atom stereocenters. The third-order valence-electron chi connectivity index (χ3n) is 9.81. The summed E-state index contributed by atoms with van der Waals surface area (Å²) in [6.07, 6.45) is 2.88. The summed E-state index contributed by atoms with van der Waals surface area (Å²) in [5.41, 5.74) is 8.57. The zero-order valence-corrected chi connectivity index (χ0v) is 27.8. The first-order chi connectivity index (χ1) is 23.8. The van der Waals surface area contributed by atoms with Crippen LogP contribution in [0.2, 0.25) is 0 Å². The fraction of sp³-hybridized carbons (Fsp3) is 0.457. The fourth-order valence-electron chi connectivity index (χ4n) is 7.35. The number of hydrogen-bond donors (Lipinski definition) is 1. The number of pyridine rings is 2. The summed E-state index contributed by atoms with van der Waals surface area (Å²) < 4.78 is 68.9. The Morgan fingerprint density at radius 3 is 2.62 bits per heavy atom. The normalized spacial score (nSPS) is 21.0. The molecule has 1 aliphatic carbocycles. The first-order valence-electron chi connectivity index (χ1n) is 16.6. The van der Waals surface area contributed by atoms with E-state index in [4.69, 9.17) is 25.3 Å². The summed E-state index contributed by atoms with van der Waals surface area (Å²) in [5, 5.41) is 5.31. The van der Waals surface area contributed by atoms with Crippen molar-refractivity contribution in [3.63, 3.8) is 0 Å². The molecule has 3 aromatic heterocycles. The van der Waals surface area contributed by atoms with Gasteiger partial charge in [-0.3, -0.25) is 24.4 Å². The van der Waals surface area contributed by atoms with E-state index in [9.17, 15) is 27.2 Å². The van der Waals surface area contributed by atoms with Crippen LogP contribution in [0.4, 0.5) is 23.2 Å². The number of amides is 2. The van der Waals surface area contributed by atoms with Crippen LogP contribution in [-0.2, 0) is 22.5 Å². The molecule has 0 spiro atoms. The number of fused-ring (bicyclic) bond motifs is 2. The van der Waals surface area contributed by atoms with E-state index in [1.54, 1.807) is 36.2 Å². The monoisotopic (exact) mass is 695 g/mol. The Morgan fingerprint density at radius 1 is 1.16 bits per heavy atom. The van der Waals surface area contributed by atoms with Crippen LogP contribution in [0.3, 0.4) is 0 Å². The van der Waals surface area contributed by atoms with E-state index in [0.717, 1.165) is 6.20 Å². The largest absolute Gasteiger partial charge is 0.482 e. The van der Waals surface area contributed by atoms with Crippen LogP contribution in [0, 0.1) is 17.6 Å². The molecule has 2 fully saturated rings. The SMILES string of the molecule is CO[C@@H]1CN(C2CC(F)(F)C2)CC[C@@H]1n1ncc2c(-c3ccc4c(c3)OCC(=O)N4Cc3ncc(F)cc3F)c(C(N)=O)c(CC(C)C)nc21. The van der Waals surface area contributed by atoms with E-state index in [1.807, 2.05) is 13.8 Å². The summed E-state index contributed by atoms with van der Waals surface area (Å²) >= 11 is 0. The van der Waals surface area contributed by atoms with Gasteiger partial charge in [-0.15, -0.1) is 0 Å². The zero-order chi connectivity index (χ0) is 35.5. The molecule has 15 heteroatoms. The number of carbonyl (C=O) groups excluding carboxylic acids is 2. The number of ether oxygens (including phenoxy) is 2. The number of methoxy groups -OCH3 is 1. The number of nitrogens with two attached hydrogens (primary N) is 1. The lowest BCUT2D eigenvalue weighted by molar-refractivity contribution is -0.139. The number of piperidine rings is 1. The molecule has 0 bridgehead atoms. The number of benzene rings is 1. The summed E-state index contributed by atoms with van der Waals surface area (Å²) in [6.45, 7) is 4.48. The van der Waals surface area contributed by atoms with E-state index in [2.05, 4.69) is 9.88 Å². The predicted octanol–water partition coefficient (Wildman–Crippen LogP) is 5.05. The summed E-state index contributed by atoms with van der Waals surface area (Å²) in [5.74, 6) is -5.03. The van der Waals surface area contributed by atoms with Crippen LogP contribution in [0.5, 0.6) is 5.75 Å². The van der Waals surface area contributed by atoms with Gasteiger partial charge in [0.25, 0.3) is 17.7 Å². The molecule has 0 radical (unpaired) electrons. The molecular weight excluding hydrogens is 658 g/mol. The molecule has 3 aliphatic rings. The number of alkyl halides is 2. The Kier molecular flexibility index (Phi) is 8.75. The van der Waals surface area contributed by atoms with Crippen molar-refractivity contribution in [3.05, 3.63) is 65.2 Å². The van der Waals surface area contributed by atoms with Gasteiger partial charge in [-0.25, -0.2) is 27.2 Å². The van der Waals surface area contributed by atoms with Gasteiger partial charge in [0.05, 0.1) is 53.7 Å². The van der Waals surface area contributed by atoms with Crippen molar-refractivity contribution in [1.82, 2.24) is 24.6 Å². The maximum absolute atomic E-state index is 14.5. The van der Waals surface area contributed by atoms with E-state index < -0.39 is 29.4 Å².